The predicted molar refractivity (Wildman–Crippen MR) is 124 cm³/mol. The van der Waals surface area contributed by atoms with E-state index in [0.29, 0.717) is 11.3 Å². The SMILES string of the molecule is COc1cccc(S(=O)(=O)c2ccc(CNC(=O)c3ccc4ccncc4c3)cc2)c1OC. The van der Waals surface area contributed by atoms with Gasteiger partial charge in [-0.1, -0.05) is 24.3 Å². The van der Waals surface area contributed by atoms with Crippen LogP contribution >= 0.6 is 0 Å². The molecule has 1 N–H and O–H groups in total. The Morgan fingerprint density at radius 1 is 0.939 bits per heavy atom. The molecule has 1 heterocycles. The number of carbonyl (C=O) groups excluding carboxylic acids is 1. The number of pyridine rings is 1. The molecule has 0 aliphatic heterocycles. The summed E-state index contributed by atoms with van der Waals surface area (Å²) in [6.45, 7) is 0.257. The summed E-state index contributed by atoms with van der Waals surface area (Å²) in [5, 5.41) is 4.75. The third-order valence-corrected chi connectivity index (χ3v) is 7.04. The average molecular weight is 463 g/mol. The maximum absolute atomic E-state index is 13.1. The lowest BCUT2D eigenvalue weighted by Crippen LogP contribution is -2.22. The molecule has 0 aliphatic carbocycles. The van der Waals surface area contributed by atoms with Crippen molar-refractivity contribution in [2.45, 2.75) is 16.3 Å². The summed E-state index contributed by atoms with van der Waals surface area (Å²) in [6.07, 6.45) is 3.42. The lowest BCUT2D eigenvalue weighted by atomic mass is 10.1. The number of sulfone groups is 1. The molecule has 0 aliphatic rings. The summed E-state index contributed by atoms with van der Waals surface area (Å²) in [6, 6.07) is 18.4. The first kappa shape index (κ1) is 22.3. The van der Waals surface area contributed by atoms with Crippen molar-refractivity contribution in [1.82, 2.24) is 10.3 Å². The van der Waals surface area contributed by atoms with Crippen LogP contribution in [0.2, 0.25) is 0 Å². The van der Waals surface area contributed by atoms with Crippen LogP contribution in [0.3, 0.4) is 0 Å². The molecule has 0 atom stereocenters. The Kier molecular flexibility index (Phi) is 6.28. The molecular formula is C25H22N2O5S. The highest BCUT2D eigenvalue weighted by atomic mass is 32.2. The number of ether oxygens (including phenoxy) is 2. The van der Waals surface area contributed by atoms with Gasteiger partial charge in [0, 0.05) is 29.9 Å². The largest absolute Gasteiger partial charge is 0.493 e. The number of fused-ring (bicyclic) bond motifs is 1. The monoisotopic (exact) mass is 462 g/mol. The highest BCUT2D eigenvalue weighted by molar-refractivity contribution is 7.91. The fourth-order valence-corrected chi connectivity index (χ4v) is 4.93. The molecule has 7 nitrogen and oxygen atoms in total. The minimum atomic E-state index is -3.82. The van der Waals surface area contributed by atoms with Gasteiger partial charge in [0.15, 0.2) is 11.5 Å². The van der Waals surface area contributed by atoms with Crippen molar-refractivity contribution in [3.63, 3.8) is 0 Å². The van der Waals surface area contributed by atoms with Crippen molar-refractivity contribution in [2.75, 3.05) is 14.2 Å². The van der Waals surface area contributed by atoms with Crippen LogP contribution in [0.5, 0.6) is 11.5 Å². The van der Waals surface area contributed by atoms with E-state index in [9.17, 15) is 13.2 Å². The summed E-state index contributed by atoms with van der Waals surface area (Å²) < 4.78 is 36.8. The average Bonchev–Trinajstić information content (AvgIpc) is 2.86. The number of nitrogens with one attached hydrogen (secondary N) is 1. The molecule has 0 radical (unpaired) electrons. The van der Waals surface area contributed by atoms with E-state index in [1.807, 2.05) is 12.1 Å². The predicted octanol–water partition coefficient (Wildman–Crippen LogP) is 4.01. The Balaban J connectivity index is 1.49. The first-order valence-corrected chi connectivity index (χ1v) is 11.6. The standard InChI is InChI=1S/C25H22N2O5S/c1-31-22-4-3-5-23(24(22)32-2)33(29,30)21-10-6-17(7-11-21)15-27-25(28)19-9-8-18-12-13-26-16-20(18)14-19/h3-14,16H,15H2,1-2H3,(H,27,28). The number of carbonyl (C=O) groups is 1. The van der Waals surface area contributed by atoms with E-state index >= 15 is 0 Å². The summed E-state index contributed by atoms with van der Waals surface area (Å²) in [5.74, 6) is 0.267. The zero-order chi connectivity index (χ0) is 23.4. The number of benzene rings is 3. The lowest BCUT2D eigenvalue weighted by molar-refractivity contribution is 0.0951. The summed E-state index contributed by atoms with van der Waals surface area (Å²) in [7, 11) is -0.976. The lowest BCUT2D eigenvalue weighted by Gasteiger charge is -2.13. The van der Waals surface area contributed by atoms with Crippen LogP contribution in [0.15, 0.2) is 88.9 Å². The molecule has 0 unspecified atom stereocenters. The Labute approximate surface area is 191 Å². The Bertz CT molecular complexity index is 1420. The minimum Gasteiger partial charge on any atom is -0.493 e. The van der Waals surface area contributed by atoms with Crippen LogP contribution in [0.1, 0.15) is 15.9 Å². The van der Waals surface area contributed by atoms with Crippen LogP contribution in [0.25, 0.3) is 10.8 Å². The molecule has 0 spiro atoms. The van der Waals surface area contributed by atoms with Crippen molar-refractivity contribution < 1.29 is 22.7 Å². The first-order valence-electron chi connectivity index (χ1n) is 10.1. The van der Waals surface area contributed by atoms with Crippen molar-refractivity contribution >= 4 is 26.5 Å². The molecule has 4 aromatic rings. The number of methoxy groups -OCH3 is 2. The molecule has 1 amide bonds. The summed E-state index contributed by atoms with van der Waals surface area (Å²) in [4.78, 5) is 16.8. The number of amides is 1. The van der Waals surface area contributed by atoms with E-state index < -0.39 is 9.84 Å². The van der Waals surface area contributed by atoms with E-state index in [1.165, 1.54) is 32.4 Å². The van der Waals surface area contributed by atoms with E-state index in [2.05, 4.69) is 10.3 Å². The Hall–Kier alpha value is -3.91. The van der Waals surface area contributed by atoms with Gasteiger partial charge in [-0.2, -0.15) is 0 Å². The normalized spacial score (nSPS) is 11.2. The zero-order valence-electron chi connectivity index (χ0n) is 18.1. The minimum absolute atomic E-state index is 0.0243. The van der Waals surface area contributed by atoms with E-state index in [1.54, 1.807) is 48.8 Å². The Morgan fingerprint density at radius 3 is 2.45 bits per heavy atom. The number of hydrogen-bond acceptors (Lipinski definition) is 6. The third kappa shape index (κ3) is 4.51. The van der Waals surface area contributed by atoms with Crippen LogP contribution in [0.4, 0.5) is 0 Å². The third-order valence-electron chi connectivity index (χ3n) is 5.25. The highest BCUT2D eigenvalue weighted by Crippen LogP contribution is 2.36. The molecule has 8 heteroatoms. The highest BCUT2D eigenvalue weighted by Gasteiger charge is 2.24. The maximum atomic E-state index is 13.1. The van der Waals surface area contributed by atoms with E-state index in [0.717, 1.165) is 16.3 Å². The molecule has 0 saturated heterocycles. The fourth-order valence-electron chi connectivity index (χ4n) is 3.49. The van der Waals surface area contributed by atoms with Gasteiger partial charge in [-0.3, -0.25) is 9.78 Å². The smallest absolute Gasteiger partial charge is 0.251 e. The van der Waals surface area contributed by atoms with Crippen LogP contribution < -0.4 is 14.8 Å². The number of hydrogen-bond donors (Lipinski definition) is 1. The second kappa shape index (κ2) is 9.30. The van der Waals surface area contributed by atoms with Gasteiger partial charge in [0.1, 0.15) is 4.90 Å². The molecule has 3 aromatic carbocycles. The second-order valence-corrected chi connectivity index (χ2v) is 9.18. The number of para-hydroxylation sites is 1. The molecule has 168 valence electrons. The summed E-state index contributed by atoms with van der Waals surface area (Å²) >= 11 is 0. The topological polar surface area (TPSA) is 94.6 Å². The van der Waals surface area contributed by atoms with Crippen LogP contribution in [-0.4, -0.2) is 33.5 Å². The van der Waals surface area contributed by atoms with Gasteiger partial charge in [0.2, 0.25) is 9.84 Å². The zero-order valence-corrected chi connectivity index (χ0v) is 18.9. The van der Waals surface area contributed by atoms with Gasteiger partial charge in [-0.15, -0.1) is 0 Å². The number of nitrogens with zero attached hydrogens (tertiary/aromatic N) is 1. The molecule has 0 saturated carbocycles. The number of aromatic nitrogens is 1. The van der Waals surface area contributed by atoms with Gasteiger partial charge in [-0.25, -0.2) is 8.42 Å². The van der Waals surface area contributed by atoms with Crippen molar-refractivity contribution in [3.8, 4) is 11.5 Å². The molecule has 0 fully saturated rings. The fraction of sp³-hybridized carbons (Fsp3) is 0.120. The molecule has 4 rings (SSSR count). The van der Waals surface area contributed by atoms with Crippen LogP contribution in [0, 0.1) is 0 Å². The number of rotatable bonds is 7. The van der Waals surface area contributed by atoms with E-state index in [4.69, 9.17) is 9.47 Å². The van der Waals surface area contributed by atoms with Crippen molar-refractivity contribution in [3.05, 3.63) is 90.3 Å². The molecule has 33 heavy (non-hydrogen) atoms. The molecule has 1 aromatic heterocycles. The second-order valence-electron chi connectivity index (χ2n) is 7.26. The van der Waals surface area contributed by atoms with Gasteiger partial charge >= 0.3 is 0 Å². The van der Waals surface area contributed by atoms with E-state index in [-0.39, 0.29) is 28.0 Å². The van der Waals surface area contributed by atoms with Gasteiger partial charge in [0.25, 0.3) is 5.91 Å². The molecule has 0 bridgehead atoms. The van der Waals surface area contributed by atoms with Gasteiger partial charge in [-0.05, 0) is 53.4 Å². The quantitative estimate of drug-likeness (QED) is 0.446. The summed E-state index contributed by atoms with van der Waals surface area (Å²) in [5.41, 5.74) is 1.29. The molecular weight excluding hydrogens is 440 g/mol. The van der Waals surface area contributed by atoms with Gasteiger partial charge < -0.3 is 14.8 Å². The van der Waals surface area contributed by atoms with Gasteiger partial charge in [0.05, 0.1) is 19.1 Å². The first-order chi connectivity index (χ1) is 15.9. The maximum Gasteiger partial charge on any atom is 0.251 e. The Morgan fingerprint density at radius 2 is 1.73 bits per heavy atom. The van der Waals surface area contributed by atoms with Crippen molar-refractivity contribution in [2.24, 2.45) is 0 Å². The van der Waals surface area contributed by atoms with Crippen molar-refractivity contribution in [1.29, 1.82) is 0 Å². The van der Waals surface area contributed by atoms with Crippen LogP contribution in [-0.2, 0) is 16.4 Å².